The number of carbonyl (C=O) groups is 1. The van der Waals surface area contributed by atoms with Crippen molar-refractivity contribution in [1.29, 1.82) is 0 Å². The van der Waals surface area contributed by atoms with Crippen LogP contribution in [0.5, 0.6) is 11.5 Å². The van der Waals surface area contributed by atoms with Crippen LogP contribution in [-0.4, -0.2) is 47.6 Å². The number of anilines is 1. The zero-order valence-corrected chi connectivity index (χ0v) is 18.6. The third-order valence-electron chi connectivity index (χ3n) is 4.35. The normalized spacial score (nSPS) is 11.5. The lowest BCUT2D eigenvalue weighted by Crippen LogP contribution is -2.39. The van der Waals surface area contributed by atoms with Crippen LogP contribution in [0.15, 0.2) is 47.6 Å². The average Bonchev–Trinajstić information content (AvgIpc) is 2.71. The van der Waals surface area contributed by atoms with Gasteiger partial charge in [0, 0.05) is 0 Å². The van der Waals surface area contributed by atoms with Crippen LogP contribution in [0.4, 0.5) is 5.69 Å². The molecule has 1 amide bonds. The van der Waals surface area contributed by atoms with Gasteiger partial charge >= 0.3 is 0 Å². The molecule has 8 nitrogen and oxygen atoms in total. The number of nitrogens with zero attached hydrogens (tertiary/aromatic N) is 2. The van der Waals surface area contributed by atoms with E-state index in [-0.39, 0.29) is 6.54 Å². The molecule has 0 aliphatic rings. The van der Waals surface area contributed by atoms with Crippen molar-refractivity contribution in [3.05, 3.63) is 53.6 Å². The summed E-state index contributed by atoms with van der Waals surface area (Å²) in [5.41, 5.74) is 4.53. The van der Waals surface area contributed by atoms with Gasteiger partial charge in [0.2, 0.25) is 10.0 Å². The number of sulfonamides is 1. The van der Waals surface area contributed by atoms with Crippen molar-refractivity contribution in [1.82, 2.24) is 5.43 Å². The Morgan fingerprint density at radius 2 is 1.73 bits per heavy atom. The van der Waals surface area contributed by atoms with Crippen LogP contribution < -0.4 is 19.2 Å². The summed E-state index contributed by atoms with van der Waals surface area (Å²) in [6, 6.07) is 12.3. The number of hydrazone groups is 1. The molecule has 0 bridgehead atoms. The van der Waals surface area contributed by atoms with Crippen molar-refractivity contribution in [3.63, 3.8) is 0 Å². The Morgan fingerprint density at radius 1 is 1.10 bits per heavy atom. The third kappa shape index (κ3) is 6.21. The second-order valence-corrected chi connectivity index (χ2v) is 8.83. The molecule has 0 aliphatic carbocycles. The molecule has 0 aromatic heterocycles. The summed E-state index contributed by atoms with van der Waals surface area (Å²) in [4.78, 5) is 12.3. The van der Waals surface area contributed by atoms with Crippen LogP contribution in [0.25, 0.3) is 0 Å². The molecule has 0 saturated heterocycles. The van der Waals surface area contributed by atoms with Crippen LogP contribution in [0.3, 0.4) is 0 Å². The van der Waals surface area contributed by atoms with Gasteiger partial charge in [-0.3, -0.25) is 9.10 Å². The minimum absolute atomic E-state index is 0.319. The Morgan fingerprint density at radius 3 is 2.27 bits per heavy atom. The highest BCUT2D eigenvalue weighted by Crippen LogP contribution is 2.27. The fraction of sp³-hybridized carbons (Fsp3) is 0.333. The van der Waals surface area contributed by atoms with Crippen LogP contribution in [0, 0.1) is 0 Å². The van der Waals surface area contributed by atoms with Gasteiger partial charge in [0.05, 0.1) is 32.4 Å². The lowest BCUT2D eigenvalue weighted by molar-refractivity contribution is -0.119. The van der Waals surface area contributed by atoms with Crippen molar-refractivity contribution in [2.24, 2.45) is 5.10 Å². The number of carbonyl (C=O) groups excluding carboxylic acids is 1. The Hall–Kier alpha value is -3.07. The minimum Gasteiger partial charge on any atom is -0.493 e. The van der Waals surface area contributed by atoms with E-state index in [9.17, 15) is 13.2 Å². The molecule has 2 aromatic rings. The average molecular weight is 434 g/mol. The van der Waals surface area contributed by atoms with E-state index in [0.717, 1.165) is 16.1 Å². The van der Waals surface area contributed by atoms with Gasteiger partial charge in [-0.1, -0.05) is 26.0 Å². The summed E-state index contributed by atoms with van der Waals surface area (Å²) in [6.45, 7) is 3.71. The topological polar surface area (TPSA) is 97.3 Å². The quantitative estimate of drug-likeness (QED) is 0.484. The number of hydrogen-bond acceptors (Lipinski definition) is 6. The number of nitrogens with one attached hydrogen (secondary N) is 1. The molecule has 0 aliphatic heterocycles. The maximum Gasteiger partial charge on any atom is 0.260 e. The maximum absolute atomic E-state index is 12.3. The Balaban J connectivity index is 2.09. The van der Waals surface area contributed by atoms with Crippen LogP contribution >= 0.6 is 0 Å². The van der Waals surface area contributed by atoms with E-state index in [1.807, 2.05) is 26.0 Å². The Kier molecular flexibility index (Phi) is 7.82. The molecule has 0 fully saturated rings. The standard InChI is InChI=1S/C21H27N3O5S/c1-15(2)17-7-9-18(10-8-17)24(30(5,26)27)14-21(25)23-22-13-16-6-11-19(28-3)20(12-16)29-4/h6-13,15H,14H2,1-5H3,(H,23,25)/b22-13-. The Labute approximate surface area is 177 Å². The van der Waals surface area contributed by atoms with Crippen molar-refractivity contribution in [2.75, 3.05) is 31.3 Å². The minimum atomic E-state index is -3.65. The van der Waals surface area contributed by atoms with E-state index >= 15 is 0 Å². The fourth-order valence-electron chi connectivity index (χ4n) is 2.70. The summed E-state index contributed by atoms with van der Waals surface area (Å²) in [5, 5.41) is 3.90. The van der Waals surface area contributed by atoms with Gasteiger partial charge in [0.1, 0.15) is 6.54 Å². The van der Waals surface area contributed by atoms with Crippen LogP contribution in [-0.2, 0) is 14.8 Å². The van der Waals surface area contributed by atoms with Crippen molar-refractivity contribution in [3.8, 4) is 11.5 Å². The largest absolute Gasteiger partial charge is 0.493 e. The number of hydrogen-bond donors (Lipinski definition) is 1. The van der Waals surface area contributed by atoms with Crippen LogP contribution in [0.2, 0.25) is 0 Å². The maximum atomic E-state index is 12.3. The van der Waals surface area contributed by atoms with Crippen molar-refractivity contribution >= 4 is 27.8 Å². The van der Waals surface area contributed by atoms with Gasteiger partial charge in [-0.15, -0.1) is 0 Å². The molecule has 2 rings (SSSR count). The first-order valence-electron chi connectivity index (χ1n) is 9.27. The fourth-order valence-corrected chi connectivity index (χ4v) is 3.56. The molecule has 162 valence electrons. The molecular weight excluding hydrogens is 406 g/mol. The predicted molar refractivity (Wildman–Crippen MR) is 118 cm³/mol. The molecule has 0 saturated carbocycles. The van der Waals surface area contributed by atoms with E-state index < -0.39 is 15.9 Å². The predicted octanol–water partition coefficient (Wildman–Crippen LogP) is 2.74. The summed E-state index contributed by atoms with van der Waals surface area (Å²) < 4.78 is 35.8. The van der Waals surface area contributed by atoms with Crippen LogP contribution in [0.1, 0.15) is 30.9 Å². The monoisotopic (exact) mass is 433 g/mol. The second-order valence-electron chi connectivity index (χ2n) is 6.92. The SMILES string of the molecule is COc1ccc(/C=N\NC(=O)CN(c2ccc(C(C)C)cc2)S(C)(=O)=O)cc1OC. The zero-order valence-electron chi connectivity index (χ0n) is 17.7. The molecule has 0 heterocycles. The number of amides is 1. The molecule has 1 N–H and O–H groups in total. The lowest BCUT2D eigenvalue weighted by atomic mass is 10.0. The molecule has 9 heteroatoms. The number of rotatable bonds is 9. The third-order valence-corrected chi connectivity index (χ3v) is 5.49. The number of ether oxygens (including phenoxy) is 2. The zero-order chi connectivity index (χ0) is 22.3. The smallest absolute Gasteiger partial charge is 0.260 e. The van der Waals surface area contributed by atoms with Gasteiger partial charge in [0.15, 0.2) is 11.5 Å². The molecule has 0 unspecified atom stereocenters. The summed E-state index contributed by atoms with van der Waals surface area (Å²) in [5.74, 6) is 0.858. The molecule has 0 spiro atoms. The lowest BCUT2D eigenvalue weighted by Gasteiger charge is -2.21. The number of benzene rings is 2. The van der Waals surface area contributed by atoms with Gasteiger partial charge in [-0.2, -0.15) is 5.10 Å². The summed E-state index contributed by atoms with van der Waals surface area (Å²) in [6.07, 6.45) is 2.49. The van der Waals surface area contributed by atoms with Crippen molar-refractivity contribution in [2.45, 2.75) is 19.8 Å². The second kappa shape index (κ2) is 10.1. The van der Waals surface area contributed by atoms with E-state index in [4.69, 9.17) is 9.47 Å². The van der Waals surface area contributed by atoms with Gasteiger partial charge in [-0.05, 0) is 47.4 Å². The van der Waals surface area contributed by atoms with Gasteiger partial charge in [-0.25, -0.2) is 13.8 Å². The summed E-state index contributed by atoms with van der Waals surface area (Å²) >= 11 is 0. The highest BCUT2D eigenvalue weighted by Gasteiger charge is 2.20. The Bertz CT molecular complexity index is 1000. The van der Waals surface area contributed by atoms with E-state index in [1.165, 1.54) is 20.4 Å². The first-order valence-corrected chi connectivity index (χ1v) is 11.1. The first-order chi connectivity index (χ1) is 14.2. The van der Waals surface area contributed by atoms with E-state index in [2.05, 4.69) is 10.5 Å². The van der Waals surface area contributed by atoms with Gasteiger partial charge < -0.3 is 9.47 Å². The molecule has 2 aromatic carbocycles. The highest BCUT2D eigenvalue weighted by molar-refractivity contribution is 7.92. The molecule has 30 heavy (non-hydrogen) atoms. The number of methoxy groups -OCH3 is 2. The highest BCUT2D eigenvalue weighted by atomic mass is 32.2. The molecule has 0 atom stereocenters. The van der Waals surface area contributed by atoms with Crippen molar-refractivity contribution < 1.29 is 22.7 Å². The van der Waals surface area contributed by atoms with E-state index in [1.54, 1.807) is 30.3 Å². The van der Waals surface area contributed by atoms with E-state index in [0.29, 0.717) is 28.7 Å². The summed E-state index contributed by atoms with van der Waals surface area (Å²) in [7, 11) is -0.591. The molecule has 0 radical (unpaired) electrons. The first kappa shape index (κ1) is 23.2. The molecular formula is C21H27N3O5S. The van der Waals surface area contributed by atoms with Gasteiger partial charge in [0.25, 0.3) is 5.91 Å².